The Morgan fingerprint density at radius 2 is 1.03 bits per heavy atom. The molecule has 0 amide bonds. The van der Waals surface area contributed by atoms with E-state index in [2.05, 4.69) is 227 Å². The lowest BCUT2D eigenvalue weighted by molar-refractivity contribution is 0.591. The van der Waals surface area contributed by atoms with E-state index < -0.39 is 5.41 Å². The van der Waals surface area contributed by atoms with Crippen molar-refractivity contribution in [1.29, 1.82) is 0 Å². The third-order valence-corrected chi connectivity index (χ3v) is 13.9. The lowest BCUT2D eigenvalue weighted by Gasteiger charge is -2.46. The molecule has 0 spiro atoms. The van der Waals surface area contributed by atoms with Crippen LogP contribution in [0.4, 0.5) is 0 Å². The first kappa shape index (κ1) is 35.4. The zero-order valence-corrected chi connectivity index (χ0v) is 35.2. The van der Waals surface area contributed by atoms with Gasteiger partial charge in [-0.25, -0.2) is 0 Å². The van der Waals surface area contributed by atoms with Crippen LogP contribution < -0.4 is 16.4 Å². The molecule has 0 aliphatic carbocycles. The average Bonchev–Trinajstić information content (AvgIpc) is 3.78. The summed E-state index contributed by atoms with van der Waals surface area (Å²) in [6.07, 6.45) is 0. The fourth-order valence-corrected chi connectivity index (χ4v) is 11.2. The van der Waals surface area contributed by atoms with E-state index in [-0.39, 0.29) is 17.5 Å². The maximum Gasteiger partial charge on any atom is 0.247 e. The summed E-state index contributed by atoms with van der Waals surface area (Å²) >= 11 is 0. The molecule has 60 heavy (non-hydrogen) atoms. The van der Waals surface area contributed by atoms with E-state index >= 15 is 0 Å². The topological polar surface area (TPSA) is 9.86 Å². The number of para-hydroxylation sites is 1. The molecular formula is C57H47BN2. The lowest BCUT2D eigenvalue weighted by Crippen LogP contribution is -2.64. The summed E-state index contributed by atoms with van der Waals surface area (Å²) < 4.78 is 5.19. The van der Waals surface area contributed by atoms with Crippen LogP contribution >= 0.6 is 0 Å². The Hall–Kier alpha value is -6.58. The summed E-state index contributed by atoms with van der Waals surface area (Å²) in [5, 5.41) is 5.23. The van der Waals surface area contributed by atoms with Crippen molar-refractivity contribution in [3.63, 3.8) is 0 Å². The first-order valence-corrected chi connectivity index (χ1v) is 21.6. The van der Waals surface area contributed by atoms with E-state index in [9.17, 15) is 0 Å². The van der Waals surface area contributed by atoms with Crippen molar-refractivity contribution in [2.45, 2.75) is 57.8 Å². The highest BCUT2D eigenvalue weighted by atomic mass is 15.0. The van der Waals surface area contributed by atoms with Crippen LogP contribution in [0.2, 0.25) is 0 Å². The minimum absolute atomic E-state index is 0.0263. The van der Waals surface area contributed by atoms with Crippen molar-refractivity contribution in [2.75, 3.05) is 0 Å². The molecule has 4 heterocycles. The summed E-state index contributed by atoms with van der Waals surface area (Å²) in [6, 6.07) is 67.1. The van der Waals surface area contributed by atoms with Crippen LogP contribution in [-0.4, -0.2) is 15.8 Å². The van der Waals surface area contributed by atoms with Crippen LogP contribution in [0.25, 0.3) is 55.0 Å². The minimum Gasteiger partial charge on any atom is -0.310 e. The number of nitrogens with zero attached hydrogens (tertiary/aromatic N) is 2. The maximum atomic E-state index is 2.64. The summed E-state index contributed by atoms with van der Waals surface area (Å²) in [6.45, 7) is 14.1. The molecule has 2 nitrogen and oxygen atoms in total. The van der Waals surface area contributed by atoms with E-state index in [1.807, 2.05) is 0 Å². The number of benzene rings is 8. The van der Waals surface area contributed by atoms with Gasteiger partial charge in [-0.15, -0.1) is 0 Å². The Morgan fingerprint density at radius 3 is 1.72 bits per heavy atom. The van der Waals surface area contributed by atoms with Gasteiger partial charge in [0.25, 0.3) is 0 Å². The second-order valence-corrected chi connectivity index (χ2v) is 19.3. The molecule has 10 aromatic rings. The van der Waals surface area contributed by atoms with E-state index in [0.29, 0.717) is 0 Å². The summed E-state index contributed by atoms with van der Waals surface area (Å²) in [7, 11) is 0. The van der Waals surface area contributed by atoms with Crippen molar-refractivity contribution < 1.29 is 0 Å². The van der Waals surface area contributed by atoms with Crippen LogP contribution in [0.15, 0.2) is 176 Å². The van der Waals surface area contributed by atoms with Gasteiger partial charge in [0.05, 0.1) is 22.0 Å². The van der Waals surface area contributed by atoms with Gasteiger partial charge in [-0.3, -0.25) is 0 Å². The predicted molar refractivity (Wildman–Crippen MR) is 255 cm³/mol. The lowest BCUT2D eigenvalue weighted by atomic mass is 9.29. The van der Waals surface area contributed by atoms with Crippen LogP contribution in [-0.2, 0) is 16.2 Å². The van der Waals surface area contributed by atoms with Crippen LogP contribution in [0, 0.1) is 0 Å². The monoisotopic (exact) mass is 770 g/mol. The number of hydrogen-bond donors (Lipinski definition) is 0. The molecule has 2 aliphatic rings. The first-order chi connectivity index (χ1) is 29.1. The van der Waals surface area contributed by atoms with Gasteiger partial charge in [-0.2, -0.15) is 0 Å². The van der Waals surface area contributed by atoms with Gasteiger partial charge in [0.1, 0.15) is 0 Å². The Labute approximate surface area is 352 Å². The Morgan fingerprint density at radius 1 is 0.433 bits per heavy atom. The molecule has 8 aromatic carbocycles. The van der Waals surface area contributed by atoms with Crippen LogP contribution in [0.3, 0.4) is 0 Å². The Bertz CT molecular complexity index is 3330. The zero-order chi connectivity index (χ0) is 40.7. The first-order valence-electron chi connectivity index (χ1n) is 21.6. The highest BCUT2D eigenvalue weighted by molar-refractivity contribution is 6.99. The smallest absolute Gasteiger partial charge is 0.247 e. The average molecular weight is 771 g/mol. The molecule has 0 saturated heterocycles. The van der Waals surface area contributed by atoms with Crippen molar-refractivity contribution in [3.8, 4) is 11.4 Å². The molecule has 2 aliphatic heterocycles. The van der Waals surface area contributed by atoms with E-state index in [0.717, 1.165) is 0 Å². The fourth-order valence-electron chi connectivity index (χ4n) is 11.2. The molecular weight excluding hydrogens is 723 g/mol. The second kappa shape index (κ2) is 12.2. The van der Waals surface area contributed by atoms with Gasteiger partial charge in [0.2, 0.25) is 6.71 Å². The van der Waals surface area contributed by atoms with Gasteiger partial charge in [-0.05, 0) is 97.6 Å². The van der Waals surface area contributed by atoms with Crippen molar-refractivity contribution >= 4 is 66.7 Å². The second-order valence-electron chi connectivity index (χ2n) is 19.3. The van der Waals surface area contributed by atoms with E-state index in [1.165, 1.54) is 105 Å². The van der Waals surface area contributed by atoms with Gasteiger partial charge in [0.15, 0.2) is 0 Å². The summed E-state index contributed by atoms with van der Waals surface area (Å²) in [4.78, 5) is 0. The van der Waals surface area contributed by atoms with Gasteiger partial charge < -0.3 is 9.13 Å². The third kappa shape index (κ3) is 4.61. The van der Waals surface area contributed by atoms with Crippen molar-refractivity contribution in [1.82, 2.24) is 9.13 Å². The minimum atomic E-state index is -0.514. The highest BCUT2D eigenvalue weighted by Gasteiger charge is 2.50. The molecule has 0 saturated carbocycles. The molecule has 0 bridgehead atoms. The molecule has 0 atom stereocenters. The van der Waals surface area contributed by atoms with Gasteiger partial charge >= 0.3 is 0 Å². The molecule has 0 unspecified atom stereocenters. The summed E-state index contributed by atoms with van der Waals surface area (Å²) in [5.41, 5.74) is 19.1. The standard InChI is InChI=1S/C57H47BN2/c1-55(2,3)38-29-31-48-42(33-38)41-30-32-49-51(54(41)59(48)40-23-14-9-15-24-40)43-34-39(56(4,5)6)35-47-53(43)60(49)50-28-18-26-45-52(50)58(47)46-27-17-16-25-44(46)57(45,36-19-10-7-11-20-36)37-21-12-8-13-22-37/h7-35H,1-6H3. The SMILES string of the molecule is CC(C)(C)c1ccc2c(c1)c1ccc3c(c4cc(C(C)(C)C)cc5c4n3-c3cccc4c3B5c3ccccc3C4(c3ccccc3)c3ccccc3)c1n2-c1ccccc1. The number of fused-ring (bicyclic) bond motifs is 11. The zero-order valence-electron chi connectivity index (χ0n) is 35.2. The molecule has 288 valence electrons. The number of aromatic nitrogens is 2. The summed E-state index contributed by atoms with van der Waals surface area (Å²) in [5.74, 6) is 0. The molecule has 12 rings (SSSR count). The van der Waals surface area contributed by atoms with Crippen molar-refractivity contribution in [2.24, 2.45) is 0 Å². The fraction of sp³-hybridized carbons (Fsp3) is 0.158. The van der Waals surface area contributed by atoms with E-state index in [4.69, 9.17) is 0 Å². The predicted octanol–water partition coefficient (Wildman–Crippen LogP) is 12.0. The van der Waals surface area contributed by atoms with Crippen LogP contribution in [0.5, 0.6) is 0 Å². The highest BCUT2D eigenvalue weighted by Crippen LogP contribution is 2.49. The molecule has 3 heteroatoms. The normalized spacial score (nSPS) is 14.3. The number of hydrogen-bond acceptors (Lipinski definition) is 0. The van der Waals surface area contributed by atoms with Gasteiger partial charge in [0, 0.05) is 38.4 Å². The maximum absolute atomic E-state index is 2.64. The number of rotatable bonds is 3. The largest absolute Gasteiger partial charge is 0.310 e. The molecule has 0 N–H and O–H groups in total. The van der Waals surface area contributed by atoms with Crippen molar-refractivity contribution in [3.05, 3.63) is 209 Å². The molecule has 0 fully saturated rings. The molecule has 2 aromatic heterocycles. The Kier molecular flexibility index (Phi) is 7.22. The molecule has 0 radical (unpaired) electrons. The van der Waals surface area contributed by atoms with Gasteiger partial charge in [-0.1, -0.05) is 180 Å². The van der Waals surface area contributed by atoms with E-state index in [1.54, 1.807) is 0 Å². The Balaban J connectivity index is 1.30. The third-order valence-electron chi connectivity index (χ3n) is 13.9. The van der Waals surface area contributed by atoms with Crippen LogP contribution in [0.1, 0.15) is 74.9 Å². The quantitative estimate of drug-likeness (QED) is 0.158.